The number of rotatable bonds is 6. The minimum atomic E-state index is -3.48. The lowest BCUT2D eigenvalue weighted by Crippen LogP contribution is -2.39. The molecule has 0 heterocycles. The van der Waals surface area contributed by atoms with Crippen LogP contribution in [0.25, 0.3) is 0 Å². The Morgan fingerprint density at radius 1 is 1.25 bits per heavy atom. The summed E-state index contributed by atoms with van der Waals surface area (Å²) in [6.07, 6.45) is 0. The van der Waals surface area contributed by atoms with Crippen molar-refractivity contribution in [2.75, 3.05) is 18.3 Å². The summed E-state index contributed by atoms with van der Waals surface area (Å²) in [6.45, 7) is 2.24. The maximum atomic E-state index is 11.6. The maximum absolute atomic E-state index is 11.6. The van der Waals surface area contributed by atoms with Crippen molar-refractivity contribution in [3.8, 4) is 0 Å². The fourth-order valence-corrected chi connectivity index (χ4v) is 2.02. The van der Waals surface area contributed by atoms with Crippen LogP contribution < -0.4 is 14.8 Å². The van der Waals surface area contributed by atoms with Crippen LogP contribution >= 0.6 is 0 Å². The summed E-state index contributed by atoms with van der Waals surface area (Å²) in [5, 5.41) is 2.95. The lowest BCUT2D eigenvalue weighted by atomic mass is 10.3. The van der Waals surface area contributed by atoms with Gasteiger partial charge in [0.1, 0.15) is 0 Å². The van der Waals surface area contributed by atoms with Crippen molar-refractivity contribution in [3.05, 3.63) is 30.3 Å². The normalized spacial score (nSPS) is 13.4. The van der Waals surface area contributed by atoms with Gasteiger partial charge in [-0.1, -0.05) is 18.2 Å². The molecule has 1 aromatic rings. The molecule has 0 bridgehead atoms. The predicted octanol–water partition coefficient (Wildman–Crippen LogP) is 0.541. The van der Waals surface area contributed by atoms with Crippen molar-refractivity contribution in [2.24, 2.45) is 0 Å². The average Bonchev–Trinajstić information content (AvgIpc) is 2.27. The van der Waals surface area contributed by atoms with Crippen molar-refractivity contribution < 1.29 is 8.42 Å². The smallest absolute Gasteiger partial charge is 0.299 e. The summed E-state index contributed by atoms with van der Waals surface area (Å²) in [5.41, 5.74) is 0.548. The van der Waals surface area contributed by atoms with Gasteiger partial charge in [0.05, 0.1) is 0 Å². The van der Waals surface area contributed by atoms with E-state index in [0.717, 1.165) is 0 Å². The molecule has 0 amide bonds. The third-order valence-corrected chi connectivity index (χ3v) is 3.15. The van der Waals surface area contributed by atoms with Crippen molar-refractivity contribution in [3.63, 3.8) is 0 Å². The van der Waals surface area contributed by atoms with E-state index in [4.69, 9.17) is 0 Å². The van der Waals surface area contributed by atoms with E-state index in [1.54, 1.807) is 31.3 Å². The molecular formula is C10H17N3O2S. The molecule has 0 saturated heterocycles. The Morgan fingerprint density at radius 2 is 1.88 bits per heavy atom. The molecule has 5 nitrogen and oxygen atoms in total. The Hall–Kier alpha value is -1.11. The number of benzene rings is 1. The molecule has 0 fully saturated rings. The molecule has 1 aromatic carbocycles. The standard InChI is InChI=1S/C10H17N3O2S/c1-9(11-2)8-12-16(14,15)13-10-6-4-3-5-7-10/h3-7,9,11-13H,8H2,1-2H3. The summed E-state index contributed by atoms with van der Waals surface area (Å²) in [7, 11) is -1.70. The first kappa shape index (κ1) is 13.0. The van der Waals surface area contributed by atoms with Crippen molar-refractivity contribution >= 4 is 15.9 Å². The molecule has 1 unspecified atom stereocenters. The summed E-state index contributed by atoms with van der Waals surface area (Å²) in [5.74, 6) is 0. The highest BCUT2D eigenvalue weighted by atomic mass is 32.2. The number of nitrogens with one attached hydrogen (secondary N) is 3. The highest BCUT2D eigenvalue weighted by Crippen LogP contribution is 2.06. The molecule has 90 valence electrons. The molecule has 1 rings (SSSR count). The third kappa shape index (κ3) is 4.61. The van der Waals surface area contributed by atoms with Gasteiger partial charge in [0.25, 0.3) is 10.2 Å². The zero-order valence-electron chi connectivity index (χ0n) is 9.40. The van der Waals surface area contributed by atoms with Crippen LogP contribution in [0.2, 0.25) is 0 Å². The molecule has 1 atom stereocenters. The number of anilines is 1. The lowest BCUT2D eigenvalue weighted by Gasteiger charge is -2.13. The summed E-state index contributed by atoms with van der Waals surface area (Å²) >= 11 is 0. The maximum Gasteiger partial charge on any atom is 0.299 e. The number of para-hydroxylation sites is 1. The molecule has 0 spiro atoms. The Kier molecular flexibility index (Phi) is 4.72. The highest BCUT2D eigenvalue weighted by Gasteiger charge is 2.10. The Bertz CT molecular complexity index is 405. The largest absolute Gasteiger partial charge is 0.316 e. The van der Waals surface area contributed by atoms with Crippen molar-refractivity contribution in [1.82, 2.24) is 10.0 Å². The molecule has 0 aliphatic rings. The second-order valence-electron chi connectivity index (χ2n) is 3.51. The van der Waals surface area contributed by atoms with E-state index in [1.165, 1.54) is 0 Å². The van der Waals surface area contributed by atoms with Crippen LogP contribution in [0.3, 0.4) is 0 Å². The molecule has 0 aliphatic heterocycles. The fourth-order valence-electron chi connectivity index (χ4n) is 1.03. The van der Waals surface area contributed by atoms with E-state index in [0.29, 0.717) is 12.2 Å². The quantitative estimate of drug-likeness (QED) is 0.683. The van der Waals surface area contributed by atoms with Gasteiger partial charge in [-0.25, -0.2) is 0 Å². The molecule has 0 radical (unpaired) electrons. The monoisotopic (exact) mass is 243 g/mol. The molecule has 3 N–H and O–H groups in total. The van der Waals surface area contributed by atoms with Crippen molar-refractivity contribution in [1.29, 1.82) is 0 Å². The van der Waals surface area contributed by atoms with E-state index in [1.807, 2.05) is 13.0 Å². The second-order valence-corrected chi connectivity index (χ2v) is 5.01. The van der Waals surface area contributed by atoms with Crippen LogP contribution in [-0.4, -0.2) is 28.1 Å². The van der Waals surface area contributed by atoms with Crippen molar-refractivity contribution in [2.45, 2.75) is 13.0 Å². The summed E-state index contributed by atoms with van der Waals surface area (Å²) in [6, 6.07) is 8.85. The first-order valence-electron chi connectivity index (χ1n) is 5.03. The van der Waals surface area contributed by atoms with Gasteiger partial charge in [0, 0.05) is 18.3 Å². The van der Waals surface area contributed by atoms with E-state index in [-0.39, 0.29) is 6.04 Å². The third-order valence-electron chi connectivity index (χ3n) is 2.10. The van der Waals surface area contributed by atoms with Gasteiger partial charge in [0.2, 0.25) is 0 Å². The van der Waals surface area contributed by atoms with Gasteiger partial charge >= 0.3 is 0 Å². The Morgan fingerprint density at radius 3 is 2.44 bits per heavy atom. The number of hydrogen-bond acceptors (Lipinski definition) is 3. The van der Waals surface area contributed by atoms with E-state index < -0.39 is 10.2 Å². The second kappa shape index (κ2) is 5.83. The average molecular weight is 243 g/mol. The molecular weight excluding hydrogens is 226 g/mol. The van der Waals surface area contributed by atoms with Crippen LogP contribution in [0.4, 0.5) is 5.69 Å². The highest BCUT2D eigenvalue weighted by molar-refractivity contribution is 7.90. The summed E-state index contributed by atoms with van der Waals surface area (Å²) < 4.78 is 28.0. The summed E-state index contributed by atoms with van der Waals surface area (Å²) in [4.78, 5) is 0. The number of hydrogen-bond donors (Lipinski definition) is 3. The van der Waals surface area contributed by atoms with Crippen LogP contribution in [0.15, 0.2) is 30.3 Å². The minimum Gasteiger partial charge on any atom is -0.316 e. The first-order chi connectivity index (χ1) is 7.53. The zero-order chi connectivity index (χ0) is 12.0. The van der Waals surface area contributed by atoms with Crippen LogP contribution in [0.1, 0.15) is 6.92 Å². The van der Waals surface area contributed by atoms with Gasteiger partial charge in [-0.2, -0.15) is 13.1 Å². The predicted molar refractivity (Wildman–Crippen MR) is 65.5 cm³/mol. The molecule has 16 heavy (non-hydrogen) atoms. The molecule has 6 heteroatoms. The minimum absolute atomic E-state index is 0.0901. The van der Waals surface area contributed by atoms with E-state index in [9.17, 15) is 8.42 Å². The first-order valence-corrected chi connectivity index (χ1v) is 6.51. The number of likely N-dealkylation sites (N-methyl/N-ethyl adjacent to an activating group) is 1. The van der Waals surface area contributed by atoms with Crippen LogP contribution in [-0.2, 0) is 10.2 Å². The molecule has 0 aliphatic carbocycles. The Balaban J connectivity index is 2.53. The lowest BCUT2D eigenvalue weighted by molar-refractivity contribution is 0.558. The Labute approximate surface area is 96.4 Å². The van der Waals surface area contributed by atoms with E-state index in [2.05, 4.69) is 14.8 Å². The van der Waals surface area contributed by atoms with Gasteiger partial charge < -0.3 is 5.32 Å². The zero-order valence-corrected chi connectivity index (χ0v) is 10.2. The van der Waals surface area contributed by atoms with E-state index >= 15 is 0 Å². The van der Waals surface area contributed by atoms with Gasteiger partial charge in [0.15, 0.2) is 0 Å². The topological polar surface area (TPSA) is 70.2 Å². The molecule has 0 aromatic heterocycles. The van der Waals surface area contributed by atoms with Crippen LogP contribution in [0.5, 0.6) is 0 Å². The van der Waals surface area contributed by atoms with Crippen LogP contribution in [0, 0.1) is 0 Å². The molecule has 0 saturated carbocycles. The van der Waals surface area contributed by atoms with Gasteiger partial charge in [-0.15, -0.1) is 0 Å². The SMILES string of the molecule is CNC(C)CNS(=O)(=O)Nc1ccccc1. The van der Waals surface area contributed by atoms with Gasteiger partial charge in [-0.05, 0) is 26.1 Å². The van der Waals surface area contributed by atoms with Gasteiger partial charge in [-0.3, -0.25) is 4.72 Å². The fraction of sp³-hybridized carbons (Fsp3) is 0.400.